The van der Waals surface area contributed by atoms with Crippen molar-refractivity contribution in [1.82, 2.24) is 9.55 Å². The fraction of sp³-hybridized carbons (Fsp3) is 0.167. The van der Waals surface area contributed by atoms with E-state index in [1.807, 2.05) is 24.4 Å². The first-order valence-corrected chi connectivity index (χ1v) is 29.2. The molecule has 0 spiro atoms. The molecular formula is C72H65N4OPtSi-3. The van der Waals surface area contributed by atoms with E-state index >= 15 is 0 Å². The van der Waals surface area contributed by atoms with Gasteiger partial charge >= 0.3 is 0 Å². The van der Waals surface area contributed by atoms with E-state index in [0.717, 1.165) is 61.5 Å². The van der Waals surface area contributed by atoms with E-state index in [2.05, 4.69) is 296 Å². The molecule has 0 saturated carbocycles. The molecule has 0 bridgehead atoms. The van der Waals surface area contributed by atoms with Gasteiger partial charge in [0.15, 0.2) is 8.07 Å². The van der Waals surface area contributed by atoms with Crippen LogP contribution in [0.15, 0.2) is 225 Å². The normalized spacial score (nSPS) is 12.9. The molecule has 7 heteroatoms. The summed E-state index contributed by atoms with van der Waals surface area (Å²) in [7, 11) is -2.68. The van der Waals surface area contributed by atoms with Crippen LogP contribution in [-0.4, -0.2) is 17.6 Å². The van der Waals surface area contributed by atoms with Crippen molar-refractivity contribution in [3.63, 3.8) is 0 Å². The molecule has 396 valence electrons. The van der Waals surface area contributed by atoms with Crippen molar-refractivity contribution in [2.75, 3.05) is 9.80 Å². The Bertz CT molecular complexity index is 3860. The Morgan fingerprint density at radius 1 is 0.443 bits per heavy atom. The van der Waals surface area contributed by atoms with Crippen molar-refractivity contribution in [1.29, 1.82) is 0 Å². The molecule has 0 amide bonds. The van der Waals surface area contributed by atoms with Crippen LogP contribution in [0.4, 0.5) is 22.7 Å². The summed E-state index contributed by atoms with van der Waals surface area (Å²) in [6.07, 6.45) is 1.92. The molecule has 11 aromatic rings. The second kappa shape index (κ2) is 20.8. The zero-order valence-electron chi connectivity index (χ0n) is 46.5. The van der Waals surface area contributed by atoms with Gasteiger partial charge in [-0.15, -0.1) is 48.1 Å². The van der Waals surface area contributed by atoms with Gasteiger partial charge in [-0.3, -0.25) is 0 Å². The first kappa shape index (κ1) is 53.2. The SMILES string of the molecule is CC(C)(C)c1cc(N2[CH-]N(c3[c-]c(Oc4[c-]c5c(cc4)c4cc(-c6ccc([Si](c7ccccc7)(c7ccccc7)c7ccccc7)cc6)ccc4n5-c4cc(C(C)(C)C)ccn4)ccc3)c3ccccc32)cc(C(C)(C)C)c1.[Pt]. The molecule has 0 radical (unpaired) electrons. The summed E-state index contributed by atoms with van der Waals surface area (Å²) in [5.74, 6) is 2.02. The minimum absolute atomic E-state index is 0. The fourth-order valence-corrected chi connectivity index (χ4v) is 16.0. The van der Waals surface area contributed by atoms with Gasteiger partial charge in [-0.05, 0) is 113 Å². The van der Waals surface area contributed by atoms with E-state index in [-0.39, 0.29) is 37.3 Å². The van der Waals surface area contributed by atoms with Gasteiger partial charge in [0.05, 0.1) is 0 Å². The predicted molar refractivity (Wildman–Crippen MR) is 329 cm³/mol. The summed E-state index contributed by atoms with van der Waals surface area (Å²) in [4.78, 5) is 9.54. The number of anilines is 4. The van der Waals surface area contributed by atoms with Crippen molar-refractivity contribution in [2.45, 2.75) is 78.6 Å². The number of rotatable bonds is 10. The first-order chi connectivity index (χ1) is 37.5. The van der Waals surface area contributed by atoms with E-state index < -0.39 is 8.07 Å². The number of para-hydroxylation sites is 2. The molecule has 3 heterocycles. The Morgan fingerprint density at radius 3 is 1.56 bits per heavy atom. The van der Waals surface area contributed by atoms with E-state index in [1.165, 1.54) is 37.4 Å². The minimum atomic E-state index is -2.68. The van der Waals surface area contributed by atoms with Gasteiger partial charge in [0, 0.05) is 61.3 Å². The molecular weight excluding hydrogens is 1160 g/mol. The van der Waals surface area contributed by atoms with E-state index in [1.54, 1.807) is 0 Å². The van der Waals surface area contributed by atoms with Crippen molar-refractivity contribution >= 4 is 73.4 Å². The molecule has 0 atom stereocenters. The fourth-order valence-electron chi connectivity index (χ4n) is 11.3. The van der Waals surface area contributed by atoms with Gasteiger partial charge in [-0.1, -0.05) is 213 Å². The molecule has 0 N–H and O–H groups in total. The maximum Gasteiger partial charge on any atom is 0.179 e. The van der Waals surface area contributed by atoms with Crippen molar-refractivity contribution < 1.29 is 25.8 Å². The summed E-state index contributed by atoms with van der Waals surface area (Å²) in [6, 6.07) is 87.1. The molecule has 0 fully saturated rings. The Balaban J connectivity index is 0.00000660. The molecule has 12 rings (SSSR count). The maximum atomic E-state index is 6.79. The third-order valence-electron chi connectivity index (χ3n) is 15.6. The zero-order chi connectivity index (χ0) is 54.0. The third-order valence-corrected chi connectivity index (χ3v) is 20.4. The van der Waals surface area contributed by atoms with Crippen LogP contribution in [-0.2, 0) is 37.3 Å². The standard InChI is InChI=1S/C72H65N4OSi.Pt/c1-70(2,3)52-40-41-73-69(46-52)76-65-39-34-51(50-32-36-62(37-33-50)78(59-24-13-10-14-25-59,60-26-15-11-16-27-60)61-28-17-12-18-29-61)42-64(65)63-38-35-58(48-68(63)76)77-57-23-21-22-55(47-57)74-49-75(67-31-20-19-30-66(67)74)56-44-53(71(4,5)6)43-54(45-56)72(7,8)9;/h10-46,49H,1-9H3;/q-3;. The van der Waals surface area contributed by atoms with E-state index in [4.69, 9.17) is 9.72 Å². The van der Waals surface area contributed by atoms with Crippen LogP contribution in [0.2, 0.25) is 0 Å². The molecule has 9 aromatic carbocycles. The summed E-state index contributed by atoms with van der Waals surface area (Å²) >= 11 is 0. The number of hydrogen-bond donors (Lipinski definition) is 0. The average molecular weight is 1230 g/mol. The van der Waals surface area contributed by atoms with Crippen LogP contribution in [0.3, 0.4) is 0 Å². The molecule has 5 nitrogen and oxygen atoms in total. The van der Waals surface area contributed by atoms with Crippen molar-refractivity contribution in [3.8, 4) is 28.4 Å². The number of hydrogen-bond acceptors (Lipinski definition) is 4. The second-order valence-corrected chi connectivity index (χ2v) is 27.7. The second-order valence-electron chi connectivity index (χ2n) is 23.8. The smallest absolute Gasteiger partial charge is 0.179 e. The molecule has 1 aliphatic rings. The number of fused-ring (bicyclic) bond motifs is 4. The van der Waals surface area contributed by atoms with Crippen LogP contribution >= 0.6 is 0 Å². The van der Waals surface area contributed by atoms with Gasteiger partial charge in [0.2, 0.25) is 0 Å². The molecule has 1 aliphatic heterocycles. The van der Waals surface area contributed by atoms with Gasteiger partial charge in [0.1, 0.15) is 5.82 Å². The molecule has 0 aliphatic carbocycles. The Morgan fingerprint density at radius 2 is 0.975 bits per heavy atom. The zero-order valence-corrected chi connectivity index (χ0v) is 49.7. The molecule has 2 aromatic heterocycles. The predicted octanol–water partition coefficient (Wildman–Crippen LogP) is 15.9. The van der Waals surface area contributed by atoms with Crippen LogP contribution in [0.1, 0.15) is 79.0 Å². The summed E-state index contributed by atoms with van der Waals surface area (Å²) < 4.78 is 9.03. The maximum absolute atomic E-state index is 6.79. The molecule has 0 unspecified atom stereocenters. The van der Waals surface area contributed by atoms with Crippen LogP contribution in [0.5, 0.6) is 11.5 Å². The largest absolute Gasteiger partial charge is 0.509 e. The number of nitrogens with zero attached hydrogens (tertiary/aromatic N) is 4. The third kappa shape index (κ3) is 9.96. The van der Waals surface area contributed by atoms with Gasteiger partial charge in [-0.2, -0.15) is 12.1 Å². The number of aromatic nitrogens is 2. The monoisotopic (exact) mass is 1220 g/mol. The minimum Gasteiger partial charge on any atom is -0.509 e. The van der Waals surface area contributed by atoms with Crippen LogP contribution < -0.4 is 35.3 Å². The first-order valence-electron chi connectivity index (χ1n) is 27.2. The quantitative estimate of drug-likeness (QED) is 0.0776. The van der Waals surface area contributed by atoms with Crippen LogP contribution in [0.25, 0.3) is 38.8 Å². The molecule has 79 heavy (non-hydrogen) atoms. The average Bonchev–Trinajstić information content (AvgIpc) is 4.25. The Kier molecular flexibility index (Phi) is 14.0. The molecule has 0 saturated heterocycles. The van der Waals surface area contributed by atoms with Gasteiger partial charge < -0.3 is 19.1 Å². The summed E-state index contributed by atoms with van der Waals surface area (Å²) in [5, 5.41) is 7.58. The van der Waals surface area contributed by atoms with Crippen molar-refractivity contribution in [2.24, 2.45) is 0 Å². The van der Waals surface area contributed by atoms with Crippen LogP contribution in [0, 0.1) is 18.8 Å². The van der Waals surface area contributed by atoms with E-state index in [0.29, 0.717) is 11.5 Å². The van der Waals surface area contributed by atoms with E-state index in [9.17, 15) is 0 Å². The Labute approximate surface area is 482 Å². The summed E-state index contributed by atoms with van der Waals surface area (Å²) in [6.45, 7) is 22.6. The summed E-state index contributed by atoms with van der Waals surface area (Å²) in [5.41, 5.74) is 12.1. The number of benzene rings is 9. The number of pyridine rings is 1. The van der Waals surface area contributed by atoms with Gasteiger partial charge in [-0.25, -0.2) is 4.98 Å². The Hall–Kier alpha value is -7.76. The number of ether oxygens (including phenoxy) is 1. The topological polar surface area (TPSA) is 33.5 Å². The van der Waals surface area contributed by atoms with Crippen molar-refractivity contribution in [3.05, 3.63) is 260 Å². The van der Waals surface area contributed by atoms with Gasteiger partial charge in [0.25, 0.3) is 0 Å².